The summed E-state index contributed by atoms with van der Waals surface area (Å²) in [5.41, 5.74) is 8.32. The molecule has 1 aromatic rings. The van der Waals surface area contributed by atoms with E-state index >= 15 is 0 Å². The van der Waals surface area contributed by atoms with Gasteiger partial charge < -0.3 is 15.8 Å². The molecule has 0 aliphatic heterocycles. The highest BCUT2D eigenvalue weighted by Gasteiger charge is 2.18. The molecule has 0 fully saturated rings. The van der Waals surface area contributed by atoms with Crippen molar-refractivity contribution in [1.82, 2.24) is 5.32 Å². The van der Waals surface area contributed by atoms with Gasteiger partial charge in [-0.1, -0.05) is 32.9 Å². The third-order valence-electron chi connectivity index (χ3n) is 3.68. The van der Waals surface area contributed by atoms with Crippen LogP contribution in [-0.4, -0.2) is 20.7 Å². The summed E-state index contributed by atoms with van der Waals surface area (Å²) in [6, 6.07) is 6.76. The lowest BCUT2D eigenvalue weighted by molar-refractivity contribution is 0.384. The van der Waals surface area contributed by atoms with Gasteiger partial charge in [-0.3, -0.25) is 0 Å². The fraction of sp³-hybridized carbons (Fsp3) is 0.625. The Labute approximate surface area is 117 Å². The van der Waals surface area contributed by atoms with E-state index in [9.17, 15) is 0 Å². The first-order valence-electron chi connectivity index (χ1n) is 7.08. The summed E-state index contributed by atoms with van der Waals surface area (Å²) in [5.74, 6) is 1.96. The summed E-state index contributed by atoms with van der Waals surface area (Å²) >= 11 is 0. The van der Waals surface area contributed by atoms with Crippen molar-refractivity contribution >= 4 is 0 Å². The number of methoxy groups -OCH3 is 1. The largest absolute Gasteiger partial charge is 0.496 e. The van der Waals surface area contributed by atoms with Gasteiger partial charge in [-0.05, 0) is 43.5 Å². The second-order valence-corrected chi connectivity index (χ2v) is 5.57. The van der Waals surface area contributed by atoms with Crippen molar-refractivity contribution in [2.45, 2.75) is 39.2 Å². The lowest BCUT2D eigenvalue weighted by atomic mass is 9.92. The van der Waals surface area contributed by atoms with Crippen molar-refractivity contribution in [3.8, 4) is 5.75 Å². The van der Waals surface area contributed by atoms with Crippen LogP contribution in [-0.2, 0) is 0 Å². The zero-order chi connectivity index (χ0) is 14.4. The minimum absolute atomic E-state index is 0.284. The Morgan fingerprint density at radius 1 is 1.26 bits per heavy atom. The van der Waals surface area contributed by atoms with Gasteiger partial charge in [0.2, 0.25) is 0 Å². The Bertz CT molecular complexity index is 390. The molecular formula is C16H28N2O. The lowest BCUT2D eigenvalue weighted by Crippen LogP contribution is -2.23. The summed E-state index contributed by atoms with van der Waals surface area (Å²) in [5, 5.41) is 3.39. The molecular weight excluding hydrogens is 236 g/mol. The summed E-state index contributed by atoms with van der Waals surface area (Å²) < 4.78 is 5.51. The Kier molecular flexibility index (Phi) is 6.32. The van der Waals surface area contributed by atoms with E-state index in [1.54, 1.807) is 7.11 Å². The van der Waals surface area contributed by atoms with Crippen LogP contribution in [0.15, 0.2) is 18.2 Å². The smallest absolute Gasteiger partial charge is 0.123 e. The average molecular weight is 264 g/mol. The maximum Gasteiger partial charge on any atom is 0.123 e. The van der Waals surface area contributed by atoms with E-state index < -0.39 is 0 Å². The predicted octanol–water partition coefficient (Wildman–Crippen LogP) is 3.06. The van der Waals surface area contributed by atoms with Gasteiger partial charge in [-0.15, -0.1) is 0 Å². The van der Waals surface area contributed by atoms with E-state index in [0.717, 1.165) is 12.2 Å². The van der Waals surface area contributed by atoms with Crippen LogP contribution in [0.25, 0.3) is 0 Å². The molecule has 2 unspecified atom stereocenters. The zero-order valence-corrected chi connectivity index (χ0v) is 12.9. The molecule has 1 rings (SSSR count). The number of hydrogen-bond acceptors (Lipinski definition) is 3. The molecule has 3 N–H and O–H groups in total. The summed E-state index contributed by atoms with van der Waals surface area (Å²) in [6.07, 6.45) is 1.02. The highest BCUT2D eigenvalue weighted by Crippen LogP contribution is 2.32. The van der Waals surface area contributed by atoms with Crippen LogP contribution in [0.1, 0.15) is 50.3 Å². The first-order valence-corrected chi connectivity index (χ1v) is 7.08. The maximum atomic E-state index is 5.74. The predicted molar refractivity (Wildman–Crippen MR) is 81.7 cm³/mol. The molecule has 1 aromatic carbocycles. The van der Waals surface area contributed by atoms with E-state index in [-0.39, 0.29) is 6.04 Å². The van der Waals surface area contributed by atoms with Crippen molar-refractivity contribution in [2.75, 3.05) is 20.7 Å². The first kappa shape index (κ1) is 16.0. The second-order valence-electron chi connectivity index (χ2n) is 5.57. The number of benzene rings is 1. The van der Waals surface area contributed by atoms with Crippen LogP contribution < -0.4 is 15.8 Å². The van der Waals surface area contributed by atoms with Crippen molar-refractivity contribution in [2.24, 2.45) is 11.7 Å². The van der Waals surface area contributed by atoms with Crippen LogP contribution in [0, 0.1) is 5.92 Å². The number of nitrogens with one attached hydrogen (secondary N) is 1. The van der Waals surface area contributed by atoms with Crippen LogP contribution in [0.3, 0.4) is 0 Å². The molecule has 0 bridgehead atoms. The molecule has 0 aliphatic rings. The van der Waals surface area contributed by atoms with Crippen LogP contribution in [0.5, 0.6) is 5.75 Å². The van der Waals surface area contributed by atoms with Crippen molar-refractivity contribution in [1.29, 1.82) is 0 Å². The van der Waals surface area contributed by atoms with Gasteiger partial charge in [-0.25, -0.2) is 0 Å². The van der Waals surface area contributed by atoms with E-state index in [0.29, 0.717) is 18.4 Å². The highest BCUT2D eigenvalue weighted by atomic mass is 16.5. The standard InChI is InChI=1S/C16H28N2O/c1-11(2)13-6-7-16(19-5)14(9-13)15(18-4)8-12(3)10-17/h6-7,9,11-12,15,18H,8,10,17H2,1-5H3. The van der Waals surface area contributed by atoms with Crippen molar-refractivity contribution < 1.29 is 4.74 Å². The third-order valence-corrected chi connectivity index (χ3v) is 3.68. The van der Waals surface area contributed by atoms with Gasteiger partial charge in [-0.2, -0.15) is 0 Å². The van der Waals surface area contributed by atoms with Crippen molar-refractivity contribution in [3.05, 3.63) is 29.3 Å². The number of hydrogen-bond donors (Lipinski definition) is 2. The van der Waals surface area contributed by atoms with Gasteiger partial charge in [0, 0.05) is 11.6 Å². The monoisotopic (exact) mass is 264 g/mol. The second kappa shape index (κ2) is 7.51. The minimum Gasteiger partial charge on any atom is -0.496 e. The molecule has 0 heterocycles. The molecule has 0 amide bonds. The Balaban J connectivity index is 3.08. The van der Waals surface area contributed by atoms with E-state index in [4.69, 9.17) is 10.5 Å². The fourth-order valence-corrected chi connectivity index (χ4v) is 2.28. The van der Waals surface area contributed by atoms with Gasteiger partial charge in [0.05, 0.1) is 7.11 Å². The molecule has 0 saturated heterocycles. The van der Waals surface area contributed by atoms with Gasteiger partial charge >= 0.3 is 0 Å². The summed E-state index contributed by atoms with van der Waals surface area (Å²) in [6.45, 7) is 7.32. The molecule has 0 saturated carbocycles. The molecule has 2 atom stereocenters. The lowest BCUT2D eigenvalue weighted by Gasteiger charge is -2.23. The molecule has 0 radical (unpaired) electrons. The van der Waals surface area contributed by atoms with E-state index in [1.165, 1.54) is 11.1 Å². The number of rotatable bonds is 7. The van der Waals surface area contributed by atoms with Gasteiger partial charge in [0.25, 0.3) is 0 Å². The van der Waals surface area contributed by atoms with E-state index in [1.807, 2.05) is 7.05 Å². The Morgan fingerprint density at radius 2 is 1.95 bits per heavy atom. The summed E-state index contributed by atoms with van der Waals surface area (Å²) in [7, 11) is 3.72. The van der Waals surface area contributed by atoms with Crippen molar-refractivity contribution in [3.63, 3.8) is 0 Å². The minimum atomic E-state index is 0.284. The fourth-order valence-electron chi connectivity index (χ4n) is 2.28. The summed E-state index contributed by atoms with van der Waals surface area (Å²) in [4.78, 5) is 0. The highest BCUT2D eigenvalue weighted by molar-refractivity contribution is 5.40. The number of nitrogens with two attached hydrogens (primary N) is 1. The van der Waals surface area contributed by atoms with Crippen LogP contribution >= 0.6 is 0 Å². The SMILES string of the molecule is CNC(CC(C)CN)c1cc(C(C)C)ccc1OC. The third kappa shape index (κ3) is 4.22. The maximum absolute atomic E-state index is 5.74. The van der Waals surface area contributed by atoms with Crippen LogP contribution in [0.2, 0.25) is 0 Å². The van der Waals surface area contributed by atoms with E-state index in [2.05, 4.69) is 44.3 Å². The van der Waals surface area contributed by atoms with Gasteiger partial charge in [0.15, 0.2) is 0 Å². The van der Waals surface area contributed by atoms with Crippen LogP contribution in [0.4, 0.5) is 0 Å². The Morgan fingerprint density at radius 3 is 2.42 bits per heavy atom. The normalized spacial score (nSPS) is 14.5. The first-order chi connectivity index (χ1) is 9.03. The molecule has 0 aromatic heterocycles. The zero-order valence-electron chi connectivity index (χ0n) is 12.9. The molecule has 108 valence electrons. The molecule has 0 spiro atoms. The molecule has 3 nitrogen and oxygen atoms in total. The molecule has 0 aliphatic carbocycles. The number of ether oxygens (including phenoxy) is 1. The van der Waals surface area contributed by atoms with Gasteiger partial charge in [0.1, 0.15) is 5.75 Å². The Hall–Kier alpha value is -1.06. The molecule has 19 heavy (non-hydrogen) atoms. The molecule has 3 heteroatoms. The average Bonchev–Trinajstić information content (AvgIpc) is 2.43. The quantitative estimate of drug-likeness (QED) is 0.795. The topological polar surface area (TPSA) is 47.3 Å².